The molecule has 0 unspecified atom stereocenters. The summed E-state index contributed by atoms with van der Waals surface area (Å²) in [5, 5.41) is 10.0. The fraction of sp³-hybridized carbons (Fsp3) is 0.238. The molecule has 140 valence electrons. The van der Waals surface area contributed by atoms with Gasteiger partial charge in [0.05, 0.1) is 11.6 Å². The molecule has 1 amide bonds. The number of ether oxygens (including phenoxy) is 1. The molecule has 3 rings (SSSR count). The number of hydrogen-bond donors (Lipinski definition) is 1. The van der Waals surface area contributed by atoms with E-state index in [1.54, 1.807) is 48.2 Å². The Morgan fingerprint density at radius 2 is 2.15 bits per heavy atom. The molecule has 2 aromatic carbocycles. The molecule has 0 atom stereocenters. The van der Waals surface area contributed by atoms with E-state index in [1.807, 2.05) is 6.07 Å². The van der Waals surface area contributed by atoms with Gasteiger partial charge in [-0.2, -0.15) is 0 Å². The first-order valence-electron chi connectivity index (χ1n) is 8.77. The standard InChI is InChI=1S/C21H20ClNO4/c1-2-27-19-12-14(11-17(22)21(19)26)8-9-18(24)15-5-3-6-16(13-15)23-10-4-7-20(23)25/h3,5-6,8-9,11-13,26H,2,4,7,10H2,1H3. The third kappa shape index (κ3) is 4.31. The average molecular weight is 386 g/mol. The molecule has 1 fully saturated rings. The third-order valence-corrected chi connectivity index (χ3v) is 4.58. The maximum absolute atomic E-state index is 12.5. The van der Waals surface area contributed by atoms with Crippen LogP contribution in [0.4, 0.5) is 5.69 Å². The molecule has 0 aliphatic carbocycles. The van der Waals surface area contributed by atoms with Crippen molar-refractivity contribution < 1.29 is 19.4 Å². The van der Waals surface area contributed by atoms with Crippen LogP contribution in [0, 0.1) is 0 Å². The second-order valence-corrected chi connectivity index (χ2v) is 6.59. The average Bonchev–Trinajstić information content (AvgIpc) is 3.10. The van der Waals surface area contributed by atoms with Crippen LogP contribution in [0.15, 0.2) is 42.5 Å². The number of carbonyl (C=O) groups excluding carboxylic acids is 2. The van der Waals surface area contributed by atoms with E-state index >= 15 is 0 Å². The number of ketones is 1. The minimum atomic E-state index is -0.189. The molecule has 0 bridgehead atoms. The summed E-state index contributed by atoms with van der Waals surface area (Å²) < 4.78 is 5.34. The molecular weight excluding hydrogens is 366 g/mol. The number of anilines is 1. The Hall–Kier alpha value is -2.79. The van der Waals surface area contributed by atoms with Crippen LogP contribution in [0.25, 0.3) is 6.08 Å². The highest BCUT2D eigenvalue weighted by atomic mass is 35.5. The number of nitrogens with zero attached hydrogens (tertiary/aromatic N) is 1. The number of amides is 1. The molecule has 1 aliphatic rings. The smallest absolute Gasteiger partial charge is 0.227 e. The van der Waals surface area contributed by atoms with E-state index in [1.165, 1.54) is 6.08 Å². The van der Waals surface area contributed by atoms with Crippen molar-refractivity contribution in [3.8, 4) is 11.5 Å². The normalized spacial score (nSPS) is 14.1. The summed E-state index contributed by atoms with van der Waals surface area (Å²) in [6, 6.07) is 10.2. The van der Waals surface area contributed by atoms with Gasteiger partial charge in [0.15, 0.2) is 17.3 Å². The lowest BCUT2D eigenvalue weighted by molar-refractivity contribution is -0.117. The van der Waals surface area contributed by atoms with Crippen molar-refractivity contribution in [3.63, 3.8) is 0 Å². The number of aromatic hydroxyl groups is 1. The summed E-state index contributed by atoms with van der Waals surface area (Å²) in [6.07, 6.45) is 4.43. The van der Waals surface area contributed by atoms with Gasteiger partial charge >= 0.3 is 0 Å². The molecule has 2 aromatic rings. The third-order valence-electron chi connectivity index (χ3n) is 4.29. The topological polar surface area (TPSA) is 66.8 Å². The highest BCUT2D eigenvalue weighted by Gasteiger charge is 2.22. The minimum Gasteiger partial charge on any atom is -0.503 e. The number of allylic oxidation sites excluding steroid dienone is 1. The van der Waals surface area contributed by atoms with Crippen LogP contribution < -0.4 is 9.64 Å². The number of hydrogen-bond acceptors (Lipinski definition) is 4. The second kappa shape index (κ2) is 8.27. The van der Waals surface area contributed by atoms with Crippen molar-refractivity contribution in [1.29, 1.82) is 0 Å². The molecule has 1 N–H and O–H groups in total. The summed E-state index contributed by atoms with van der Waals surface area (Å²) in [6.45, 7) is 2.87. The summed E-state index contributed by atoms with van der Waals surface area (Å²) in [4.78, 5) is 26.1. The fourth-order valence-corrected chi connectivity index (χ4v) is 3.19. The molecule has 1 heterocycles. The molecule has 0 saturated carbocycles. The Balaban J connectivity index is 1.80. The zero-order valence-electron chi connectivity index (χ0n) is 14.9. The van der Waals surface area contributed by atoms with Crippen LogP contribution in [-0.2, 0) is 4.79 Å². The molecule has 0 spiro atoms. The van der Waals surface area contributed by atoms with Crippen LogP contribution in [0.2, 0.25) is 5.02 Å². The zero-order valence-corrected chi connectivity index (χ0v) is 15.7. The molecule has 0 aromatic heterocycles. The molecule has 6 heteroatoms. The first-order chi connectivity index (χ1) is 13.0. The van der Waals surface area contributed by atoms with E-state index < -0.39 is 0 Å². The molecular formula is C21H20ClNO4. The van der Waals surface area contributed by atoms with E-state index in [4.69, 9.17) is 16.3 Å². The van der Waals surface area contributed by atoms with Crippen molar-refractivity contribution in [3.05, 3.63) is 58.6 Å². The van der Waals surface area contributed by atoms with Gasteiger partial charge in [0.1, 0.15) is 0 Å². The monoisotopic (exact) mass is 385 g/mol. The van der Waals surface area contributed by atoms with Gasteiger partial charge in [-0.25, -0.2) is 0 Å². The number of halogens is 1. The van der Waals surface area contributed by atoms with E-state index in [2.05, 4.69) is 0 Å². The Labute approximate surface area is 162 Å². The zero-order chi connectivity index (χ0) is 19.4. The Kier molecular flexibility index (Phi) is 5.81. The van der Waals surface area contributed by atoms with Crippen molar-refractivity contribution in [2.45, 2.75) is 19.8 Å². The van der Waals surface area contributed by atoms with E-state index in [0.717, 1.165) is 12.1 Å². The van der Waals surface area contributed by atoms with E-state index in [-0.39, 0.29) is 28.2 Å². The summed E-state index contributed by atoms with van der Waals surface area (Å²) in [5.41, 5.74) is 1.88. The van der Waals surface area contributed by atoms with Crippen molar-refractivity contribution in [2.75, 3.05) is 18.1 Å². The lowest BCUT2D eigenvalue weighted by atomic mass is 10.1. The minimum absolute atomic E-state index is 0.0809. The van der Waals surface area contributed by atoms with E-state index in [9.17, 15) is 14.7 Å². The SMILES string of the molecule is CCOc1cc(C=CC(=O)c2cccc(N3CCCC3=O)c2)cc(Cl)c1O. The van der Waals surface area contributed by atoms with E-state index in [0.29, 0.717) is 30.7 Å². The predicted molar refractivity (Wildman–Crippen MR) is 106 cm³/mol. The Bertz CT molecular complexity index is 907. The van der Waals surface area contributed by atoms with Gasteiger partial charge in [0, 0.05) is 24.2 Å². The highest BCUT2D eigenvalue weighted by molar-refractivity contribution is 6.32. The number of carbonyl (C=O) groups is 2. The van der Waals surface area contributed by atoms with Gasteiger partial charge in [-0.1, -0.05) is 29.8 Å². The number of phenolic OH excluding ortho intramolecular Hbond substituents is 1. The van der Waals surface area contributed by atoms with Gasteiger partial charge in [-0.3, -0.25) is 9.59 Å². The number of phenols is 1. The summed E-state index contributed by atoms with van der Waals surface area (Å²) in [7, 11) is 0. The number of rotatable bonds is 6. The van der Waals surface area contributed by atoms with Crippen LogP contribution in [-0.4, -0.2) is 29.9 Å². The number of benzene rings is 2. The van der Waals surface area contributed by atoms with Crippen molar-refractivity contribution in [1.82, 2.24) is 0 Å². The first-order valence-corrected chi connectivity index (χ1v) is 9.15. The second-order valence-electron chi connectivity index (χ2n) is 6.18. The van der Waals surface area contributed by atoms with Gasteiger partial charge in [0.25, 0.3) is 0 Å². The lowest BCUT2D eigenvalue weighted by Crippen LogP contribution is -2.23. The molecule has 5 nitrogen and oxygen atoms in total. The van der Waals surface area contributed by atoms with Crippen LogP contribution in [0.5, 0.6) is 11.5 Å². The summed E-state index contributed by atoms with van der Waals surface area (Å²) >= 11 is 6.01. The maximum atomic E-state index is 12.5. The lowest BCUT2D eigenvalue weighted by Gasteiger charge is -2.16. The van der Waals surface area contributed by atoms with Crippen LogP contribution in [0.1, 0.15) is 35.7 Å². The largest absolute Gasteiger partial charge is 0.503 e. The Morgan fingerprint density at radius 1 is 1.33 bits per heavy atom. The molecule has 27 heavy (non-hydrogen) atoms. The van der Waals surface area contributed by atoms with Gasteiger partial charge in [-0.15, -0.1) is 0 Å². The predicted octanol–water partition coefficient (Wildman–Crippen LogP) is 4.47. The maximum Gasteiger partial charge on any atom is 0.227 e. The van der Waals surface area contributed by atoms with Crippen LogP contribution >= 0.6 is 11.6 Å². The van der Waals surface area contributed by atoms with Crippen molar-refractivity contribution >= 4 is 35.1 Å². The quantitative estimate of drug-likeness (QED) is 0.588. The highest BCUT2D eigenvalue weighted by Crippen LogP contribution is 2.35. The molecule has 0 radical (unpaired) electrons. The fourth-order valence-electron chi connectivity index (χ4n) is 2.97. The van der Waals surface area contributed by atoms with Crippen molar-refractivity contribution in [2.24, 2.45) is 0 Å². The van der Waals surface area contributed by atoms with Gasteiger partial charge < -0.3 is 14.7 Å². The Morgan fingerprint density at radius 3 is 2.85 bits per heavy atom. The first kappa shape index (κ1) is 19.0. The molecule has 1 saturated heterocycles. The van der Waals surface area contributed by atoms with Gasteiger partial charge in [0.2, 0.25) is 5.91 Å². The summed E-state index contributed by atoms with van der Waals surface area (Å²) in [5.74, 6) is 0.0413. The van der Waals surface area contributed by atoms with Gasteiger partial charge in [-0.05, 0) is 49.2 Å². The van der Waals surface area contributed by atoms with Crippen LogP contribution in [0.3, 0.4) is 0 Å². The molecule has 1 aliphatic heterocycles.